The standard InChI is InChI=1S/C9H12N2OS/c12-9(8-3-5-13-11-8)7-2-1-4-10-6-7/h3,5,7,10H,1-2,4,6H2. The molecular formula is C9H12N2OS. The first kappa shape index (κ1) is 8.84. The molecule has 2 heterocycles. The van der Waals surface area contributed by atoms with Crippen molar-refractivity contribution >= 4 is 17.3 Å². The number of carbonyl (C=O) groups is 1. The SMILES string of the molecule is O=C(c1ccsn1)C1CCCNC1. The van der Waals surface area contributed by atoms with Crippen molar-refractivity contribution in [2.75, 3.05) is 13.1 Å². The third-order valence-electron chi connectivity index (χ3n) is 2.36. The van der Waals surface area contributed by atoms with Gasteiger partial charge in [-0.25, -0.2) is 0 Å². The Morgan fingerprint density at radius 2 is 2.62 bits per heavy atom. The van der Waals surface area contributed by atoms with Crippen LogP contribution in [0.2, 0.25) is 0 Å². The molecule has 0 amide bonds. The molecule has 0 spiro atoms. The Bertz CT molecular complexity index is 278. The Labute approximate surface area is 81.3 Å². The fourth-order valence-corrected chi connectivity index (χ4v) is 2.14. The number of nitrogens with zero attached hydrogens (tertiary/aromatic N) is 1. The van der Waals surface area contributed by atoms with Crippen LogP contribution in [0.25, 0.3) is 0 Å². The van der Waals surface area contributed by atoms with Crippen LogP contribution in [0, 0.1) is 5.92 Å². The molecule has 1 N–H and O–H groups in total. The number of aromatic nitrogens is 1. The molecule has 3 nitrogen and oxygen atoms in total. The maximum absolute atomic E-state index is 11.8. The maximum Gasteiger partial charge on any atom is 0.186 e. The van der Waals surface area contributed by atoms with Gasteiger partial charge in [-0.15, -0.1) is 0 Å². The van der Waals surface area contributed by atoms with E-state index in [9.17, 15) is 4.79 Å². The summed E-state index contributed by atoms with van der Waals surface area (Å²) >= 11 is 1.34. The van der Waals surface area contributed by atoms with Gasteiger partial charge in [0.2, 0.25) is 0 Å². The van der Waals surface area contributed by atoms with Gasteiger partial charge in [0.05, 0.1) is 0 Å². The van der Waals surface area contributed by atoms with E-state index in [1.165, 1.54) is 11.5 Å². The smallest absolute Gasteiger partial charge is 0.186 e. The van der Waals surface area contributed by atoms with Gasteiger partial charge in [0.15, 0.2) is 5.78 Å². The van der Waals surface area contributed by atoms with Gasteiger partial charge in [-0.1, -0.05) is 0 Å². The molecule has 70 valence electrons. The summed E-state index contributed by atoms with van der Waals surface area (Å²) in [5.41, 5.74) is 0.638. The van der Waals surface area contributed by atoms with E-state index in [2.05, 4.69) is 9.69 Å². The molecule has 0 bridgehead atoms. The Hall–Kier alpha value is -0.740. The second kappa shape index (κ2) is 3.98. The van der Waals surface area contributed by atoms with Crippen molar-refractivity contribution in [2.45, 2.75) is 12.8 Å². The number of ketones is 1. The number of rotatable bonds is 2. The van der Waals surface area contributed by atoms with Gasteiger partial charge in [0, 0.05) is 17.8 Å². The Morgan fingerprint density at radius 1 is 1.69 bits per heavy atom. The van der Waals surface area contributed by atoms with Crippen molar-refractivity contribution in [1.82, 2.24) is 9.69 Å². The number of hydrogen-bond acceptors (Lipinski definition) is 4. The van der Waals surface area contributed by atoms with E-state index in [-0.39, 0.29) is 11.7 Å². The van der Waals surface area contributed by atoms with E-state index in [0.29, 0.717) is 5.69 Å². The Kier molecular flexibility index (Phi) is 2.71. The van der Waals surface area contributed by atoms with Crippen LogP contribution >= 0.6 is 11.5 Å². The van der Waals surface area contributed by atoms with Gasteiger partial charge in [-0.05, 0) is 37.0 Å². The molecule has 1 saturated heterocycles. The summed E-state index contributed by atoms with van der Waals surface area (Å²) < 4.78 is 4.06. The molecule has 13 heavy (non-hydrogen) atoms. The number of hydrogen-bond donors (Lipinski definition) is 1. The van der Waals surface area contributed by atoms with Crippen LogP contribution in [0.5, 0.6) is 0 Å². The summed E-state index contributed by atoms with van der Waals surface area (Å²) in [6, 6.07) is 1.81. The highest BCUT2D eigenvalue weighted by atomic mass is 32.1. The van der Waals surface area contributed by atoms with Crippen molar-refractivity contribution in [3.63, 3.8) is 0 Å². The van der Waals surface area contributed by atoms with Crippen LogP contribution in [0.3, 0.4) is 0 Å². The highest BCUT2D eigenvalue weighted by Gasteiger charge is 2.23. The third kappa shape index (κ3) is 1.95. The maximum atomic E-state index is 11.8. The van der Waals surface area contributed by atoms with Crippen LogP contribution in [0.4, 0.5) is 0 Å². The monoisotopic (exact) mass is 196 g/mol. The fraction of sp³-hybridized carbons (Fsp3) is 0.556. The summed E-state index contributed by atoms with van der Waals surface area (Å²) in [7, 11) is 0. The quantitative estimate of drug-likeness (QED) is 0.725. The second-order valence-electron chi connectivity index (χ2n) is 3.29. The highest BCUT2D eigenvalue weighted by molar-refractivity contribution is 7.03. The Balaban J connectivity index is 2.04. The number of nitrogens with one attached hydrogen (secondary N) is 1. The van der Waals surface area contributed by atoms with Crippen LogP contribution in [0.15, 0.2) is 11.4 Å². The average molecular weight is 196 g/mol. The van der Waals surface area contributed by atoms with Crippen molar-refractivity contribution in [2.24, 2.45) is 5.92 Å². The van der Waals surface area contributed by atoms with Gasteiger partial charge in [-0.3, -0.25) is 4.79 Å². The van der Waals surface area contributed by atoms with E-state index < -0.39 is 0 Å². The first-order chi connectivity index (χ1) is 6.38. The zero-order valence-corrected chi connectivity index (χ0v) is 8.14. The number of carbonyl (C=O) groups excluding carboxylic acids is 1. The largest absolute Gasteiger partial charge is 0.316 e. The van der Waals surface area contributed by atoms with Crippen molar-refractivity contribution < 1.29 is 4.79 Å². The van der Waals surface area contributed by atoms with Gasteiger partial charge < -0.3 is 5.32 Å². The van der Waals surface area contributed by atoms with E-state index in [4.69, 9.17) is 0 Å². The summed E-state index contributed by atoms with van der Waals surface area (Å²) in [6.45, 7) is 1.86. The molecule has 0 radical (unpaired) electrons. The molecule has 0 aromatic carbocycles. The number of piperidine rings is 1. The lowest BCUT2D eigenvalue weighted by atomic mass is 9.93. The van der Waals surface area contributed by atoms with E-state index in [1.54, 1.807) is 0 Å². The van der Waals surface area contributed by atoms with Crippen LogP contribution in [-0.4, -0.2) is 23.2 Å². The molecule has 0 saturated carbocycles. The lowest BCUT2D eigenvalue weighted by molar-refractivity contribution is 0.0895. The van der Waals surface area contributed by atoms with Crippen LogP contribution < -0.4 is 5.32 Å². The molecule has 2 rings (SSSR count). The summed E-state index contributed by atoms with van der Waals surface area (Å²) in [4.78, 5) is 11.8. The predicted octanol–water partition coefficient (Wildman–Crippen LogP) is 1.33. The third-order valence-corrected chi connectivity index (χ3v) is 2.92. The first-order valence-corrected chi connectivity index (χ1v) is 5.37. The summed E-state index contributed by atoms with van der Waals surface area (Å²) in [6.07, 6.45) is 2.10. The fourth-order valence-electron chi connectivity index (χ4n) is 1.62. The molecule has 1 fully saturated rings. The van der Waals surface area contributed by atoms with E-state index in [0.717, 1.165) is 25.9 Å². The zero-order valence-electron chi connectivity index (χ0n) is 7.32. The van der Waals surface area contributed by atoms with E-state index in [1.807, 2.05) is 11.4 Å². The van der Waals surface area contributed by atoms with E-state index >= 15 is 0 Å². The normalized spacial score (nSPS) is 22.9. The lowest BCUT2D eigenvalue weighted by Crippen LogP contribution is -2.34. The Morgan fingerprint density at radius 3 is 3.23 bits per heavy atom. The molecule has 1 aliphatic heterocycles. The number of Topliss-reactive ketones (excluding diaryl/α,β-unsaturated/α-hetero) is 1. The molecule has 1 aromatic rings. The van der Waals surface area contributed by atoms with Gasteiger partial charge in [-0.2, -0.15) is 4.37 Å². The second-order valence-corrected chi connectivity index (χ2v) is 3.96. The molecule has 1 atom stereocenters. The molecule has 0 aliphatic carbocycles. The zero-order chi connectivity index (χ0) is 9.10. The van der Waals surface area contributed by atoms with Crippen LogP contribution in [-0.2, 0) is 0 Å². The van der Waals surface area contributed by atoms with Crippen molar-refractivity contribution in [3.05, 3.63) is 17.1 Å². The lowest BCUT2D eigenvalue weighted by Gasteiger charge is -2.20. The van der Waals surface area contributed by atoms with Gasteiger partial charge >= 0.3 is 0 Å². The molecule has 1 unspecified atom stereocenters. The van der Waals surface area contributed by atoms with Gasteiger partial charge in [0.25, 0.3) is 0 Å². The highest BCUT2D eigenvalue weighted by Crippen LogP contribution is 2.15. The first-order valence-electron chi connectivity index (χ1n) is 4.53. The van der Waals surface area contributed by atoms with Crippen LogP contribution in [0.1, 0.15) is 23.3 Å². The summed E-state index contributed by atoms with van der Waals surface area (Å²) in [5, 5.41) is 5.08. The van der Waals surface area contributed by atoms with Crippen molar-refractivity contribution in [3.8, 4) is 0 Å². The molecule has 1 aromatic heterocycles. The molecule has 1 aliphatic rings. The average Bonchev–Trinajstić information content (AvgIpc) is 2.71. The summed E-state index contributed by atoms with van der Waals surface area (Å²) in [5.74, 6) is 0.351. The minimum Gasteiger partial charge on any atom is -0.316 e. The molecular weight excluding hydrogens is 184 g/mol. The predicted molar refractivity (Wildman–Crippen MR) is 52.0 cm³/mol. The molecule has 4 heteroatoms. The minimum atomic E-state index is 0.149. The van der Waals surface area contributed by atoms with Crippen molar-refractivity contribution in [1.29, 1.82) is 0 Å². The topological polar surface area (TPSA) is 42.0 Å². The minimum absolute atomic E-state index is 0.149. The van der Waals surface area contributed by atoms with Gasteiger partial charge in [0.1, 0.15) is 5.69 Å².